The molecule has 5 heteroatoms. The minimum Gasteiger partial charge on any atom is -0.491 e. The number of ether oxygens (including phenoxy) is 1. The first kappa shape index (κ1) is 18.9. The Bertz CT molecular complexity index is 1150. The maximum absolute atomic E-state index is 6.46. The summed E-state index contributed by atoms with van der Waals surface area (Å²) in [6.07, 6.45) is 0. The molecule has 142 valence electrons. The second-order valence-electron chi connectivity index (χ2n) is 6.75. The Morgan fingerprint density at radius 1 is 0.964 bits per heavy atom. The molecule has 0 aliphatic rings. The highest BCUT2D eigenvalue weighted by molar-refractivity contribution is 6.36. The molecule has 0 spiro atoms. The third kappa shape index (κ3) is 3.60. The van der Waals surface area contributed by atoms with Gasteiger partial charge in [0.1, 0.15) is 18.2 Å². The standard InChI is InChI=1S/C23H20Cl2N2O/c1-15-6-5-9-22(16(15)2)28-13-12-27-21-8-4-3-7-20(21)26-23(27)18-11-10-17(24)14-19(18)25/h3-11,14H,12-13H2,1-2H3. The van der Waals surface area contributed by atoms with Crippen LogP contribution in [0.3, 0.4) is 0 Å². The topological polar surface area (TPSA) is 27.1 Å². The van der Waals surface area contributed by atoms with E-state index >= 15 is 0 Å². The zero-order valence-electron chi connectivity index (χ0n) is 15.7. The van der Waals surface area contributed by atoms with Gasteiger partial charge >= 0.3 is 0 Å². The molecule has 0 bridgehead atoms. The highest BCUT2D eigenvalue weighted by Gasteiger charge is 2.15. The molecule has 0 radical (unpaired) electrons. The molecule has 0 aliphatic heterocycles. The van der Waals surface area contributed by atoms with Crippen LogP contribution in [0.15, 0.2) is 60.7 Å². The summed E-state index contributed by atoms with van der Waals surface area (Å²) in [5.74, 6) is 1.72. The zero-order chi connectivity index (χ0) is 19.7. The predicted molar refractivity (Wildman–Crippen MR) is 117 cm³/mol. The Balaban J connectivity index is 1.68. The summed E-state index contributed by atoms with van der Waals surface area (Å²) in [5, 5.41) is 1.19. The van der Waals surface area contributed by atoms with Gasteiger partial charge in [0, 0.05) is 10.6 Å². The van der Waals surface area contributed by atoms with Crippen molar-refractivity contribution < 1.29 is 4.74 Å². The van der Waals surface area contributed by atoms with E-state index in [9.17, 15) is 0 Å². The first-order chi connectivity index (χ1) is 13.5. The maximum atomic E-state index is 6.46. The molecule has 3 nitrogen and oxygen atoms in total. The second kappa shape index (κ2) is 7.86. The number of hydrogen-bond donors (Lipinski definition) is 0. The number of para-hydroxylation sites is 2. The Hall–Kier alpha value is -2.49. The lowest BCUT2D eigenvalue weighted by atomic mass is 10.1. The molecule has 0 saturated carbocycles. The van der Waals surface area contributed by atoms with Crippen molar-refractivity contribution in [3.05, 3.63) is 81.8 Å². The van der Waals surface area contributed by atoms with Gasteiger partial charge in [-0.3, -0.25) is 0 Å². The number of benzene rings is 3. The molecule has 0 unspecified atom stereocenters. The number of aryl methyl sites for hydroxylation is 1. The molecule has 28 heavy (non-hydrogen) atoms. The van der Waals surface area contributed by atoms with Crippen LogP contribution in [0, 0.1) is 13.8 Å². The van der Waals surface area contributed by atoms with Crippen molar-refractivity contribution in [1.29, 1.82) is 0 Å². The maximum Gasteiger partial charge on any atom is 0.142 e. The summed E-state index contributed by atoms with van der Waals surface area (Å²) in [7, 11) is 0. The number of halogens is 2. The average molecular weight is 411 g/mol. The molecular formula is C23H20Cl2N2O. The van der Waals surface area contributed by atoms with E-state index in [1.165, 1.54) is 11.1 Å². The monoisotopic (exact) mass is 410 g/mol. The van der Waals surface area contributed by atoms with E-state index in [-0.39, 0.29) is 0 Å². The smallest absolute Gasteiger partial charge is 0.142 e. The van der Waals surface area contributed by atoms with Crippen LogP contribution in [0.4, 0.5) is 0 Å². The normalized spacial score (nSPS) is 11.1. The van der Waals surface area contributed by atoms with Crippen molar-refractivity contribution in [2.24, 2.45) is 0 Å². The summed E-state index contributed by atoms with van der Waals surface area (Å²) >= 11 is 12.5. The highest BCUT2D eigenvalue weighted by atomic mass is 35.5. The lowest BCUT2D eigenvalue weighted by Gasteiger charge is -2.14. The van der Waals surface area contributed by atoms with E-state index in [2.05, 4.69) is 30.5 Å². The number of rotatable bonds is 5. The van der Waals surface area contributed by atoms with Crippen molar-refractivity contribution in [1.82, 2.24) is 9.55 Å². The van der Waals surface area contributed by atoms with Crippen molar-refractivity contribution in [3.8, 4) is 17.1 Å². The molecule has 4 aromatic rings. The fraction of sp³-hybridized carbons (Fsp3) is 0.174. The van der Waals surface area contributed by atoms with Crippen molar-refractivity contribution in [3.63, 3.8) is 0 Å². The van der Waals surface area contributed by atoms with Gasteiger partial charge in [-0.2, -0.15) is 0 Å². The van der Waals surface area contributed by atoms with Crippen LogP contribution in [-0.2, 0) is 6.54 Å². The molecule has 4 rings (SSSR count). The molecule has 0 atom stereocenters. The summed E-state index contributed by atoms with van der Waals surface area (Å²) in [5.41, 5.74) is 5.22. The minimum absolute atomic E-state index is 0.531. The van der Waals surface area contributed by atoms with Gasteiger partial charge in [0.2, 0.25) is 0 Å². The first-order valence-electron chi connectivity index (χ1n) is 9.14. The molecule has 1 heterocycles. The predicted octanol–water partition coefficient (Wildman–Crippen LogP) is 6.71. The Labute approximate surface area is 174 Å². The number of nitrogens with zero attached hydrogens (tertiary/aromatic N) is 2. The SMILES string of the molecule is Cc1cccc(OCCn2c(-c3ccc(Cl)cc3Cl)nc3ccccc32)c1C. The first-order valence-corrected chi connectivity index (χ1v) is 9.90. The lowest BCUT2D eigenvalue weighted by molar-refractivity contribution is 0.298. The van der Waals surface area contributed by atoms with Crippen LogP contribution < -0.4 is 4.74 Å². The quantitative estimate of drug-likeness (QED) is 0.365. The molecule has 0 aliphatic carbocycles. The minimum atomic E-state index is 0.531. The number of hydrogen-bond acceptors (Lipinski definition) is 2. The summed E-state index contributed by atoms with van der Waals surface area (Å²) in [6, 6.07) is 19.7. The number of imidazole rings is 1. The van der Waals surface area contributed by atoms with E-state index in [0.29, 0.717) is 23.2 Å². The van der Waals surface area contributed by atoms with Gasteiger partial charge < -0.3 is 9.30 Å². The third-order valence-corrected chi connectivity index (χ3v) is 5.50. The van der Waals surface area contributed by atoms with Crippen LogP contribution in [0.1, 0.15) is 11.1 Å². The molecule has 0 N–H and O–H groups in total. The van der Waals surface area contributed by atoms with Gasteiger partial charge in [-0.05, 0) is 61.4 Å². The molecule has 0 saturated heterocycles. The van der Waals surface area contributed by atoms with Crippen molar-refractivity contribution in [2.45, 2.75) is 20.4 Å². The zero-order valence-corrected chi connectivity index (χ0v) is 17.3. The molecule has 3 aromatic carbocycles. The molecule has 1 aromatic heterocycles. The van der Waals surface area contributed by atoms with E-state index < -0.39 is 0 Å². The fourth-order valence-electron chi connectivity index (χ4n) is 3.31. The number of fused-ring (bicyclic) bond motifs is 1. The van der Waals surface area contributed by atoms with Crippen LogP contribution >= 0.6 is 23.2 Å². The molecule has 0 fully saturated rings. The van der Waals surface area contributed by atoms with Crippen LogP contribution in [0.25, 0.3) is 22.4 Å². The summed E-state index contributed by atoms with van der Waals surface area (Å²) in [6.45, 7) is 5.35. The van der Waals surface area contributed by atoms with Gasteiger partial charge in [-0.1, -0.05) is 47.5 Å². The van der Waals surface area contributed by atoms with E-state index in [0.717, 1.165) is 28.2 Å². The summed E-state index contributed by atoms with van der Waals surface area (Å²) in [4.78, 5) is 4.81. The van der Waals surface area contributed by atoms with Gasteiger partial charge in [0.05, 0.1) is 22.6 Å². The highest BCUT2D eigenvalue weighted by Crippen LogP contribution is 2.32. The largest absolute Gasteiger partial charge is 0.491 e. The van der Waals surface area contributed by atoms with Gasteiger partial charge in [-0.15, -0.1) is 0 Å². The lowest BCUT2D eigenvalue weighted by Crippen LogP contribution is -2.10. The van der Waals surface area contributed by atoms with Gasteiger partial charge in [0.25, 0.3) is 0 Å². The Kier molecular flexibility index (Phi) is 5.29. The third-order valence-electron chi connectivity index (χ3n) is 4.95. The van der Waals surface area contributed by atoms with E-state index in [4.69, 9.17) is 32.9 Å². The van der Waals surface area contributed by atoms with Gasteiger partial charge in [0.15, 0.2) is 0 Å². The summed E-state index contributed by atoms with van der Waals surface area (Å²) < 4.78 is 8.23. The van der Waals surface area contributed by atoms with Crippen molar-refractivity contribution >= 4 is 34.2 Å². The Morgan fingerprint density at radius 3 is 2.61 bits per heavy atom. The second-order valence-corrected chi connectivity index (χ2v) is 7.59. The molecular weight excluding hydrogens is 391 g/mol. The van der Waals surface area contributed by atoms with E-state index in [1.54, 1.807) is 6.07 Å². The average Bonchev–Trinajstić information content (AvgIpc) is 3.03. The fourth-order valence-corrected chi connectivity index (χ4v) is 3.80. The number of aromatic nitrogens is 2. The van der Waals surface area contributed by atoms with Crippen LogP contribution in [0.2, 0.25) is 10.0 Å². The van der Waals surface area contributed by atoms with Gasteiger partial charge in [-0.25, -0.2) is 4.98 Å². The Morgan fingerprint density at radius 2 is 1.79 bits per heavy atom. The van der Waals surface area contributed by atoms with Crippen molar-refractivity contribution in [2.75, 3.05) is 6.61 Å². The molecule has 0 amide bonds. The van der Waals surface area contributed by atoms with Crippen LogP contribution in [0.5, 0.6) is 5.75 Å². The van der Waals surface area contributed by atoms with E-state index in [1.807, 2.05) is 42.5 Å². The van der Waals surface area contributed by atoms with Crippen LogP contribution in [-0.4, -0.2) is 16.2 Å².